The highest BCUT2D eigenvalue weighted by Crippen LogP contribution is 2.43. The monoisotopic (exact) mass is 267 g/mol. The highest BCUT2D eigenvalue weighted by molar-refractivity contribution is 5.79. The molecule has 3 heteroatoms. The van der Waals surface area contributed by atoms with Gasteiger partial charge in [-0.3, -0.25) is 4.79 Å². The molecule has 2 fully saturated rings. The maximum Gasteiger partial charge on any atom is 0.223 e. The Labute approximate surface area is 117 Å². The normalized spacial score (nSPS) is 33.5. The molecule has 0 radical (unpaired) electrons. The molecule has 3 nitrogen and oxygen atoms in total. The fourth-order valence-corrected chi connectivity index (χ4v) is 3.92. The summed E-state index contributed by atoms with van der Waals surface area (Å²) in [5.41, 5.74) is -0.142. The molecule has 3 atom stereocenters. The third-order valence-corrected chi connectivity index (χ3v) is 4.97. The molecule has 0 aliphatic heterocycles. The molecule has 1 amide bonds. The van der Waals surface area contributed by atoms with Gasteiger partial charge in [-0.05, 0) is 56.3 Å². The zero-order valence-electron chi connectivity index (χ0n) is 12.8. The maximum absolute atomic E-state index is 12.5. The Morgan fingerprint density at radius 3 is 2.47 bits per heavy atom. The molecule has 19 heavy (non-hydrogen) atoms. The van der Waals surface area contributed by atoms with E-state index in [9.17, 15) is 9.90 Å². The van der Waals surface area contributed by atoms with Gasteiger partial charge in [-0.15, -0.1) is 0 Å². The highest BCUT2D eigenvalue weighted by Gasteiger charge is 2.44. The molecule has 0 aromatic heterocycles. The van der Waals surface area contributed by atoms with Gasteiger partial charge in [0.2, 0.25) is 5.91 Å². The predicted molar refractivity (Wildman–Crippen MR) is 76.6 cm³/mol. The summed E-state index contributed by atoms with van der Waals surface area (Å²) < 4.78 is 0. The molecule has 2 aliphatic carbocycles. The molecule has 0 saturated heterocycles. The molecule has 0 spiro atoms. The van der Waals surface area contributed by atoms with E-state index in [1.807, 2.05) is 6.92 Å². The van der Waals surface area contributed by atoms with Gasteiger partial charge in [-0.25, -0.2) is 0 Å². The smallest absolute Gasteiger partial charge is 0.223 e. The van der Waals surface area contributed by atoms with Gasteiger partial charge in [0, 0.05) is 5.92 Å². The molecular formula is C16H29NO2. The summed E-state index contributed by atoms with van der Waals surface area (Å²) in [6.07, 6.45) is 5.42. The molecule has 0 bridgehead atoms. The van der Waals surface area contributed by atoms with Crippen LogP contribution in [-0.4, -0.2) is 23.2 Å². The van der Waals surface area contributed by atoms with E-state index in [1.165, 1.54) is 6.42 Å². The van der Waals surface area contributed by atoms with E-state index in [4.69, 9.17) is 0 Å². The molecule has 3 unspecified atom stereocenters. The molecule has 2 N–H and O–H groups in total. The van der Waals surface area contributed by atoms with Crippen LogP contribution in [0.1, 0.15) is 59.8 Å². The Hall–Kier alpha value is -0.570. The second kappa shape index (κ2) is 5.08. The van der Waals surface area contributed by atoms with E-state index in [1.54, 1.807) is 0 Å². The van der Waals surface area contributed by atoms with Crippen LogP contribution in [0.5, 0.6) is 0 Å². The van der Waals surface area contributed by atoms with Crippen LogP contribution < -0.4 is 5.32 Å². The minimum absolute atomic E-state index is 0.0507. The number of rotatable bonds is 4. The second-order valence-corrected chi connectivity index (χ2v) is 7.95. The lowest BCUT2D eigenvalue weighted by atomic mass is 9.67. The number of carbonyl (C=O) groups excluding carboxylic acids is 1. The number of hydrogen-bond acceptors (Lipinski definition) is 2. The van der Waals surface area contributed by atoms with Gasteiger partial charge in [0.05, 0.1) is 12.1 Å². The maximum atomic E-state index is 12.5. The number of nitrogens with one attached hydrogen (secondary N) is 1. The molecule has 110 valence electrons. The lowest BCUT2D eigenvalue weighted by molar-refractivity contribution is -0.130. The van der Waals surface area contributed by atoms with Gasteiger partial charge in [-0.1, -0.05) is 20.8 Å². The van der Waals surface area contributed by atoms with Crippen LogP contribution >= 0.6 is 0 Å². The van der Waals surface area contributed by atoms with Crippen LogP contribution in [0, 0.1) is 23.2 Å². The van der Waals surface area contributed by atoms with Crippen molar-refractivity contribution in [3.63, 3.8) is 0 Å². The van der Waals surface area contributed by atoms with Gasteiger partial charge in [-0.2, -0.15) is 0 Å². The minimum Gasteiger partial charge on any atom is -0.394 e. The van der Waals surface area contributed by atoms with Crippen LogP contribution in [0.2, 0.25) is 0 Å². The summed E-state index contributed by atoms with van der Waals surface area (Å²) in [5, 5.41) is 12.7. The van der Waals surface area contributed by atoms with E-state index in [0.717, 1.165) is 25.7 Å². The van der Waals surface area contributed by atoms with Crippen molar-refractivity contribution in [2.24, 2.45) is 23.2 Å². The lowest BCUT2D eigenvalue weighted by Gasteiger charge is -2.40. The van der Waals surface area contributed by atoms with E-state index >= 15 is 0 Å². The molecular weight excluding hydrogens is 238 g/mol. The number of carbonyl (C=O) groups is 1. The van der Waals surface area contributed by atoms with E-state index in [-0.39, 0.29) is 23.8 Å². The summed E-state index contributed by atoms with van der Waals surface area (Å²) in [4.78, 5) is 12.5. The molecule has 2 rings (SSSR count). The van der Waals surface area contributed by atoms with Crippen molar-refractivity contribution in [3.05, 3.63) is 0 Å². The zero-order chi connectivity index (χ0) is 14.3. The topological polar surface area (TPSA) is 49.3 Å². The standard InChI is InChI=1S/C16H29NO2/c1-11-7-12(9-15(2,3)8-11)14(19)17-16(4,10-18)13-5-6-13/h11-13,18H,5-10H2,1-4H3,(H,17,19). The van der Waals surface area contributed by atoms with Crippen molar-refractivity contribution in [1.29, 1.82) is 0 Å². The average molecular weight is 267 g/mol. The van der Waals surface area contributed by atoms with Gasteiger partial charge in [0.25, 0.3) is 0 Å². The zero-order valence-corrected chi connectivity index (χ0v) is 12.8. The van der Waals surface area contributed by atoms with Gasteiger partial charge in [0.15, 0.2) is 0 Å². The summed E-state index contributed by atoms with van der Waals surface area (Å²) in [7, 11) is 0. The third kappa shape index (κ3) is 3.50. The number of aliphatic hydroxyl groups excluding tert-OH is 1. The van der Waals surface area contributed by atoms with E-state index in [2.05, 4.69) is 26.1 Å². The van der Waals surface area contributed by atoms with Crippen molar-refractivity contribution in [2.75, 3.05) is 6.61 Å². The van der Waals surface area contributed by atoms with Crippen LogP contribution in [0.3, 0.4) is 0 Å². The molecule has 0 aromatic carbocycles. The second-order valence-electron chi connectivity index (χ2n) is 7.95. The summed E-state index contributed by atoms with van der Waals surface area (Å²) in [6.45, 7) is 8.80. The summed E-state index contributed by atoms with van der Waals surface area (Å²) >= 11 is 0. The van der Waals surface area contributed by atoms with Crippen LogP contribution in [0.25, 0.3) is 0 Å². The number of hydrogen-bond donors (Lipinski definition) is 2. The van der Waals surface area contributed by atoms with Crippen molar-refractivity contribution < 1.29 is 9.90 Å². The molecule has 0 aromatic rings. The molecule has 2 saturated carbocycles. The summed E-state index contributed by atoms with van der Waals surface area (Å²) in [6, 6.07) is 0. The van der Waals surface area contributed by atoms with Gasteiger partial charge in [0.1, 0.15) is 0 Å². The average Bonchev–Trinajstić information content (AvgIpc) is 3.10. The van der Waals surface area contributed by atoms with Crippen LogP contribution in [-0.2, 0) is 4.79 Å². The quantitative estimate of drug-likeness (QED) is 0.823. The van der Waals surface area contributed by atoms with Crippen molar-refractivity contribution in [3.8, 4) is 0 Å². The fourth-order valence-electron chi connectivity index (χ4n) is 3.92. The largest absolute Gasteiger partial charge is 0.394 e. The third-order valence-electron chi connectivity index (χ3n) is 4.97. The predicted octanol–water partition coefficient (Wildman–Crippen LogP) is 2.73. The van der Waals surface area contributed by atoms with Crippen LogP contribution in [0.4, 0.5) is 0 Å². The number of aliphatic hydroxyl groups is 1. The van der Waals surface area contributed by atoms with Crippen molar-refractivity contribution in [2.45, 2.75) is 65.3 Å². The Bertz CT molecular complexity index is 349. The Morgan fingerprint density at radius 2 is 2.00 bits per heavy atom. The van der Waals surface area contributed by atoms with Gasteiger partial charge >= 0.3 is 0 Å². The van der Waals surface area contributed by atoms with Crippen molar-refractivity contribution >= 4 is 5.91 Å². The first kappa shape index (κ1) is 14.8. The lowest BCUT2D eigenvalue weighted by Crippen LogP contribution is -2.53. The van der Waals surface area contributed by atoms with Crippen molar-refractivity contribution in [1.82, 2.24) is 5.32 Å². The first-order valence-electron chi connectivity index (χ1n) is 7.69. The highest BCUT2D eigenvalue weighted by atomic mass is 16.3. The van der Waals surface area contributed by atoms with Crippen LogP contribution in [0.15, 0.2) is 0 Å². The molecule has 0 heterocycles. The summed E-state index contributed by atoms with van der Waals surface area (Å²) in [5.74, 6) is 1.35. The Balaban J connectivity index is 1.99. The number of amides is 1. The van der Waals surface area contributed by atoms with E-state index < -0.39 is 5.54 Å². The Morgan fingerprint density at radius 1 is 1.37 bits per heavy atom. The van der Waals surface area contributed by atoms with Gasteiger partial charge < -0.3 is 10.4 Å². The minimum atomic E-state index is -0.401. The molecule has 2 aliphatic rings. The Kier molecular flexibility index (Phi) is 3.97. The first-order valence-corrected chi connectivity index (χ1v) is 7.69. The SMILES string of the molecule is CC1CC(C(=O)NC(C)(CO)C2CC2)CC(C)(C)C1. The first-order chi connectivity index (χ1) is 8.76. The fraction of sp³-hybridized carbons (Fsp3) is 0.938. The van der Waals surface area contributed by atoms with E-state index in [0.29, 0.717) is 11.8 Å².